The van der Waals surface area contributed by atoms with E-state index in [2.05, 4.69) is 15.6 Å². The van der Waals surface area contributed by atoms with Crippen LogP contribution in [0.5, 0.6) is 0 Å². The highest BCUT2D eigenvalue weighted by Crippen LogP contribution is 2.21. The van der Waals surface area contributed by atoms with E-state index in [1.54, 1.807) is 0 Å². The Kier molecular flexibility index (Phi) is 6.18. The van der Waals surface area contributed by atoms with E-state index in [0.29, 0.717) is 0 Å². The molecular weight excluding hydrogens is 330 g/mol. The quantitative estimate of drug-likeness (QED) is 0.787. The van der Waals surface area contributed by atoms with Crippen molar-refractivity contribution in [1.29, 1.82) is 0 Å². The zero-order valence-electron chi connectivity index (χ0n) is 13.3. The Morgan fingerprint density at radius 1 is 1.22 bits per heavy atom. The Balaban J connectivity index is 1.75. The third-order valence-corrected chi connectivity index (χ3v) is 5.39. The van der Waals surface area contributed by atoms with Crippen molar-refractivity contribution in [2.24, 2.45) is 0 Å². The third-order valence-electron chi connectivity index (χ3n) is 3.25. The van der Waals surface area contributed by atoms with E-state index in [9.17, 15) is 9.59 Å². The van der Waals surface area contributed by atoms with Gasteiger partial charge in [-0.15, -0.1) is 11.3 Å². The van der Waals surface area contributed by atoms with Gasteiger partial charge in [0.2, 0.25) is 11.8 Å². The minimum atomic E-state index is -0.234. The highest BCUT2D eigenvalue weighted by Gasteiger charge is 2.09. The molecule has 0 saturated carbocycles. The number of hydrogen-bond acceptors (Lipinski definition) is 5. The molecule has 0 aliphatic rings. The molecule has 2 rings (SSSR count). The molecule has 2 aromatic rings. The van der Waals surface area contributed by atoms with Gasteiger partial charge in [0.1, 0.15) is 0 Å². The molecule has 23 heavy (non-hydrogen) atoms. The summed E-state index contributed by atoms with van der Waals surface area (Å²) >= 11 is 2.89. The van der Waals surface area contributed by atoms with Crippen molar-refractivity contribution in [3.63, 3.8) is 0 Å². The van der Waals surface area contributed by atoms with Crippen molar-refractivity contribution in [2.75, 3.05) is 17.6 Å². The highest BCUT2D eigenvalue weighted by atomic mass is 32.2. The van der Waals surface area contributed by atoms with Crippen LogP contribution in [-0.4, -0.2) is 29.1 Å². The molecular formula is C16H19N3O2S2. The minimum absolute atomic E-state index is 0.0380. The van der Waals surface area contributed by atoms with Crippen LogP contribution in [0.25, 0.3) is 0 Å². The monoisotopic (exact) mass is 349 g/mol. The third kappa shape index (κ3) is 5.37. The summed E-state index contributed by atoms with van der Waals surface area (Å²) in [5, 5.41) is 7.37. The van der Waals surface area contributed by atoms with E-state index in [-0.39, 0.29) is 24.1 Å². The Hall–Kier alpha value is -1.86. The lowest BCUT2D eigenvalue weighted by atomic mass is 10.1. The number of nitrogens with zero attached hydrogens (tertiary/aromatic N) is 1. The van der Waals surface area contributed by atoms with Crippen molar-refractivity contribution >= 4 is 40.6 Å². The fraction of sp³-hybridized carbons (Fsp3) is 0.312. The first-order chi connectivity index (χ1) is 11.0. The summed E-state index contributed by atoms with van der Waals surface area (Å²) in [5.74, 6) is -0.162. The summed E-state index contributed by atoms with van der Waals surface area (Å²) in [4.78, 5) is 28.0. The molecule has 1 heterocycles. The van der Waals surface area contributed by atoms with Gasteiger partial charge in [-0.25, -0.2) is 4.98 Å². The summed E-state index contributed by atoms with van der Waals surface area (Å²) in [7, 11) is 0. The van der Waals surface area contributed by atoms with Gasteiger partial charge in [0, 0.05) is 16.8 Å². The zero-order valence-corrected chi connectivity index (χ0v) is 14.9. The number of carbonyl (C=O) groups is 2. The molecule has 1 aromatic heterocycles. The van der Waals surface area contributed by atoms with Crippen molar-refractivity contribution in [3.8, 4) is 0 Å². The molecule has 0 spiro atoms. The van der Waals surface area contributed by atoms with Gasteiger partial charge < -0.3 is 10.6 Å². The van der Waals surface area contributed by atoms with Crippen molar-refractivity contribution < 1.29 is 9.59 Å². The largest absolute Gasteiger partial charge is 0.346 e. The molecule has 2 N–H and O–H groups in total. The number of carbonyl (C=O) groups excluding carboxylic acids is 2. The second-order valence-electron chi connectivity index (χ2n) is 5.12. The SMILES string of the molecule is Cc1csc(SCC(=O)NCC(=O)Nc2cccc(C)c2C)n1. The second kappa shape index (κ2) is 8.12. The Morgan fingerprint density at radius 2 is 2.00 bits per heavy atom. The molecule has 2 amide bonds. The summed E-state index contributed by atoms with van der Waals surface area (Å²) in [6, 6.07) is 5.73. The number of nitrogens with one attached hydrogen (secondary N) is 2. The van der Waals surface area contributed by atoms with Gasteiger partial charge in [-0.1, -0.05) is 23.9 Å². The van der Waals surface area contributed by atoms with Crippen LogP contribution in [-0.2, 0) is 9.59 Å². The second-order valence-corrected chi connectivity index (χ2v) is 7.20. The van der Waals surface area contributed by atoms with Gasteiger partial charge in [0.15, 0.2) is 4.34 Å². The molecule has 0 bridgehead atoms. The molecule has 0 fully saturated rings. The van der Waals surface area contributed by atoms with Crippen molar-refractivity contribution in [1.82, 2.24) is 10.3 Å². The maximum Gasteiger partial charge on any atom is 0.243 e. The number of aryl methyl sites for hydroxylation is 2. The molecule has 0 unspecified atom stereocenters. The number of anilines is 1. The van der Waals surface area contributed by atoms with Crippen LogP contribution in [0.4, 0.5) is 5.69 Å². The van der Waals surface area contributed by atoms with Gasteiger partial charge in [0.25, 0.3) is 0 Å². The Morgan fingerprint density at radius 3 is 2.70 bits per heavy atom. The maximum atomic E-state index is 11.9. The van der Waals surface area contributed by atoms with E-state index in [1.807, 2.05) is 44.4 Å². The fourth-order valence-electron chi connectivity index (χ4n) is 1.84. The predicted octanol–water partition coefficient (Wildman–Crippen LogP) is 2.92. The van der Waals surface area contributed by atoms with E-state index >= 15 is 0 Å². The number of aromatic nitrogens is 1. The molecule has 0 radical (unpaired) electrons. The Bertz CT molecular complexity index is 713. The summed E-state index contributed by atoms with van der Waals surface area (Å²) < 4.78 is 0.859. The van der Waals surface area contributed by atoms with E-state index in [0.717, 1.165) is 26.8 Å². The number of amides is 2. The fourth-order valence-corrected chi connectivity index (χ4v) is 3.52. The van der Waals surface area contributed by atoms with Gasteiger partial charge in [-0.3, -0.25) is 9.59 Å². The lowest BCUT2D eigenvalue weighted by Crippen LogP contribution is -2.34. The zero-order chi connectivity index (χ0) is 16.8. The molecule has 0 atom stereocenters. The molecule has 122 valence electrons. The van der Waals surface area contributed by atoms with Crippen molar-refractivity contribution in [3.05, 3.63) is 40.4 Å². The van der Waals surface area contributed by atoms with Crippen LogP contribution in [0.1, 0.15) is 16.8 Å². The van der Waals surface area contributed by atoms with Gasteiger partial charge in [0.05, 0.1) is 12.3 Å². The van der Waals surface area contributed by atoms with Crippen LogP contribution in [0.2, 0.25) is 0 Å². The van der Waals surface area contributed by atoms with E-state index in [4.69, 9.17) is 0 Å². The molecule has 5 nitrogen and oxygen atoms in total. The summed E-state index contributed by atoms with van der Waals surface area (Å²) in [6.07, 6.45) is 0. The van der Waals surface area contributed by atoms with E-state index < -0.39 is 0 Å². The van der Waals surface area contributed by atoms with E-state index in [1.165, 1.54) is 23.1 Å². The standard InChI is InChI=1S/C16H19N3O2S2/c1-10-5-4-6-13(12(10)3)19-14(20)7-17-15(21)9-23-16-18-11(2)8-22-16/h4-6,8H,7,9H2,1-3H3,(H,17,21)(H,19,20). The minimum Gasteiger partial charge on any atom is -0.346 e. The van der Waals surface area contributed by atoms with Gasteiger partial charge in [-0.2, -0.15) is 0 Å². The van der Waals surface area contributed by atoms with Crippen LogP contribution in [0.15, 0.2) is 27.9 Å². The first-order valence-electron chi connectivity index (χ1n) is 7.13. The topological polar surface area (TPSA) is 71.1 Å². The summed E-state index contributed by atoms with van der Waals surface area (Å²) in [5.41, 5.74) is 3.87. The lowest BCUT2D eigenvalue weighted by molar-refractivity contribution is -0.122. The Labute approximate surface area is 143 Å². The number of thiazole rings is 1. The average Bonchev–Trinajstić information content (AvgIpc) is 2.93. The highest BCUT2D eigenvalue weighted by molar-refractivity contribution is 8.01. The van der Waals surface area contributed by atoms with Gasteiger partial charge >= 0.3 is 0 Å². The molecule has 0 saturated heterocycles. The average molecular weight is 349 g/mol. The normalized spacial score (nSPS) is 10.4. The number of benzene rings is 1. The van der Waals surface area contributed by atoms with Crippen LogP contribution in [0, 0.1) is 20.8 Å². The number of hydrogen-bond donors (Lipinski definition) is 2. The number of thioether (sulfide) groups is 1. The molecule has 1 aromatic carbocycles. The summed E-state index contributed by atoms with van der Waals surface area (Å²) in [6.45, 7) is 5.82. The predicted molar refractivity (Wildman–Crippen MR) is 95.1 cm³/mol. The van der Waals surface area contributed by atoms with Crippen LogP contribution < -0.4 is 10.6 Å². The first kappa shape index (κ1) is 17.5. The van der Waals surface area contributed by atoms with Crippen LogP contribution in [0.3, 0.4) is 0 Å². The van der Waals surface area contributed by atoms with Gasteiger partial charge in [-0.05, 0) is 38.0 Å². The smallest absolute Gasteiger partial charge is 0.243 e. The molecule has 7 heteroatoms. The number of rotatable bonds is 6. The van der Waals surface area contributed by atoms with Crippen molar-refractivity contribution in [2.45, 2.75) is 25.1 Å². The van der Waals surface area contributed by atoms with Crippen LogP contribution >= 0.6 is 23.1 Å². The first-order valence-corrected chi connectivity index (χ1v) is 9.00. The lowest BCUT2D eigenvalue weighted by Gasteiger charge is -2.10. The maximum absolute atomic E-state index is 11.9. The molecule has 0 aliphatic heterocycles. The molecule has 0 aliphatic carbocycles.